The van der Waals surface area contributed by atoms with Gasteiger partial charge < -0.3 is 5.11 Å². The van der Waals surface area contributed by atoms with Gasteiger partial charge in [-0.1, -0.05) is 0 Å². The van der Waals surface area contributed by atoms with Crippen LogP contribution in [-0.4, -0.2) is 19.8 Å². The van der Waals surface area contributed by atoms with Gasteiger partial charge in [0.15, 0.2) is 0 Å². The summed E-state index contributed by atoms with van der Waals surface area (Å²) in [6.45, 7) is 0. The van der Waals surface area contributed by atoms with E-state index >= 15 is 0 Å². The number of aromatic hydroxyl groups is 1. The molecule has 2 aromatic rings. The maximum atomic E-state index is 10.5. The number of aromatic nitrogens is 2. The fourth-order valence-electron chi connectivity index (χ4n) is 1.35. The Hall–Kier alpha value is -2.37. The third-order valence-electron chi connectivity index (χ3n) is 2.23. The minimum Gasteiger partial charge on any atom is -0.493 e. The average Bonchev–Trinajstić information content (AvgIpc) is 2.59. The lowest BCUT2D eigenvalue weighted by Crippen LogP contribution is -1.90. The van der Waals surface area contributed by atoms with Crippen LogP contribution in [0.2, 0.25) is 0 Å². The lowest BCUT2D eigenvalue weighted by molar-refractivity contribution is -0.384. The predicted molar refractivity (Wildman–Crippen MR) is 57.0 cm³/mol. The average molecular weight is 219 g/mol. The van der Waals surface area contributed by atoms with Gasteiger partial charge in [-0.05, 0) is 12.1 Å². The second-order valence-corrected chi connectivity index (χ2v) is 3.32. The van der Waals surface area contributed by atoms with Gasteiger partial charge in [0.05, 0.1) is 10.6 Å². The number of hydrogen-bond acceptors (Lipinski definition) is 4. The Morgan fingerprint density at radius 1 is 1.38 bits per heavy atom. The summed E-state index contributed by atoms with van der Waals surface area (Å²) in [6, 6.07) is 7.50. The van der Waals surface area contributed by atoms with E-state index < -0.39 is 4.92 Å². The van der Waals surface area contributed by atoms with Gasteiger partial charge in [0.25, 0.3) is 5.69 Å². The first-order valence-corrected chi connectivity index (χ1v) is 4.56. The van der Waals surface area contributed by atoms with E-state index in [-0.39, 0.29) is 11.6 Å². The normalized spacial score (nSPS) is 10.3. The second-order valence-electron chi connectivity index (χ2n) is 3.32. The minimum atomic E-state index is -0.459. The van der Waals surface area contributed by atoms with Crippen molar-refractivity contribution in [2.45, 2.75) is 0 Å². The van der Waals surface area contributed by atoms with Crippen molar-refractivity contribution >= 4 is 5.69 Å². The Kier molecular flexibility index (Phi) is 2.32. The molecule has 82 valence electrons. The van der Waals surface area contributed by atoms with E-state index in [0.717, 1.165) is 5.56 Å². The van der Waals surface area contributed by atoms with E-state index in [1.54, 1.807) is 19.2 Å². The molecule has 1 heterocycles. The molecule has 16 heavy (non-hydrogen) atoms. The zero-order valence-corrected chi connectivity index (χ0v) is 8.49. The van der Waals surface area contributed by atoms with Gasteiger partial charge in [-0.3, -0.25) is 10.1 Å². The summed E-state index contributed by atoms with van der Waals surface area (Å²) in [5.41, 5.74) is 1.33. The number of benzene rings is 1. The molecule has 0 amide bonds. The molecular formula is C10H9N3O3. The van der Waals surface area contributed by atoms with Crippen LogP contribution in [0.1, 0.15) is 0 Å². The molecule has 0 unspecified atom stereocenters. The van der Waals surface area contributed by atoms with Crippen LogP contribution in [0.3, 0.4) is 0 Å². The first-order chi connectivity index (χ1) is 7.58. The van der Waals surface area contributed by atoms with Gasteiger partial charge in [0.2, 0.25) is 5.88 Å². The summed E-state index contributed by atoms with van der Waals surface area (Å²) >= 11 is 0. The zero-order chi connectivity index (χ0) is 11.7. The number of rotatable bonds is 2. The Bertz CT molecular complexity index is 511. The topological polar surface area (TPSA) is 81.2 Å². The number of nitro benzene ring substituents is 1. The van der Waals surface area contributed by atoms with Crippen LogP contribution in [0.25, 0.3) is 11.3 Å². The highest BCUT2D eigenvalue weighted by Crippen LogP contribution is 2.23. The molecule has 0 aliphatic rings. The maximum Gasteiger partial charge on any atom is 0.269 e. The Labute approximate surface area is 90.9 Å². The molecule has 1 N–H and O–H groups in total. The van der Waals surface area contributed by atoms with Crippen molar-refractivity contribution in [1.82, 2.24) is 9.78 Å². The third kappa shape index (κ3) is 1.72. The molecule has 0 saturated heterocycles. The van der Waals surface area contributed by atoms with Crippen molar-refractivity contribution in [1.29, 1.82) is 0 Å². The first kappa shape index (κ1) is 10.2. The molecular weight excluding hydrogens is 210 g/mol. The van der Waals surface area contributed by atoms with E-state index in [4.69, 9.17) is 0 Å². The Balaban J connectivity index is 2.38. The maximum absolute atomic E-state index is 10.5. The van der Waals surface area contributed by atoms with Crippen molar-refractivity contribution < 1.29 is 10.0 Å². The van der Waals surface area contributed by atoms with Crippen LogP contribution in [0.5, 0.6) is 5.88 Å². The SMILES string of the molecule is Cn1nc(-c2ccc([N+](=O)[O-])cc2)cc1O. The molecule has 0 bridgehead atoms. The molecule has 1 aromatic carbocycles. The Morgan fingerprint density at radius 2 is 2.00 bits per heavy atom. The summed E-state index contributed by atoms with van der Waals surface area (Å²) in [6.07, 6.45) is 0. The standard InChI is InChI=1S/C10H9N3O3/c1-12-10(14)6-9(11-12)7-2-4-8(5-3-7)13(15)16/h2-6,14H,1H3. The van der Waals surface area contributed by atoms with Crippen molar-refractivity contribution in [3.05, 3.63) is 40.4 Å². The van der Waals surface area contributed by atoms with Crippen LogP contribution in [0.15, 0.2) is 30.3 Å². The van der Waals surface area contributed by atoms with E-state index in [9.17, 15) is 15.2 Å². The van der Waals surface area contributed by atoms with E-state index in [1.165, 1.54) is 22.9 Å². The van der Waals surface area contributed by atoms with Gasteiger partial charge >= 0.3 is 0 Å². The van der Waals surface area contributed by atoms with Crippen molar-refractivity contribution in [3.8, 4) is 17.1 Å². The summed E-state index contributed by atoms with van der Waals surface area (Å²) in [5.74, 6) is 0.0494. The van der Waals surface area contributed by atoms with Crippen molar-refractivity contribution in [2.24, 2.45) is 7.05 Å². The van der Waals surface area contributed by atoms with Gasteiger partial charge in [0, 0.05) is 30.8 Å². The van der Waals surface area contributed by atoms with Crippen LogP contribution < -0.4 is 0 Å². The minimum absolute atomic E-state index is 0.0314. The number of aryl methyl sites for hydroxylation is 1. The van der Waals surface area contributed by atoms with Gasteiger partial charge in [0.1, 0.15) is 0 Å². The molecule has 6 heteroatoms. The van der Waals surface area contributed by atoms with Gasteiger partial charge in [-0.25, -0.2) is 4.68 Å². The van der Waals surface area contributed by atoms with Gasteiger partial charge in [-0.2, -0.15) is 5.10 Å². The summed E-state index contributed by atoms with van der Waals surface area (Å²) in [4.78, 5) is 9.99. The molecule has 1 aromatic heterocycles. The highest BCUT2D eigenvalue weighted by Gasteiger charge is 2.08. The van der Waals surface area contributed by atoms with Gasteiger partial charge in [-0.15, -0.1) is 0 Å². The fraction of sp³-hybridized carbons (Fsp3) is 0.100. The lowest BCUT2D eigenvalue weighted by Gasteiger charge is -1.95. The lowest BCUT2D eigenvalue weighted by atomic mass is 10.1. The molecule has 0 radical (unpaired) electrons. The smallest absolute Gasteiger partial charge is 0.269 e. The quantitative estimate of drug-likeness (QED) is 0.615. The molecule has 0 spiro atoms. The predicted octanol–water partition coefficient (Wildman–Crippen LogP) is 1.70. The molecule has 6 nitrogen and oxygen atoms in total. The Morgan fingerprint density at radius 3 is 2.44 bits per heavy atom. The highest BCUT2D eigenvalue weighted by molar-refractivity contribution is 5.61. The number of hydrogen-bond donors (Lipinski definition) is 1. The molecule has 0 saturated carbocycles. The monoisotopic (exact) mass is 219 g/mol. The van der Waals surface area contributed by atoms with Crippen molar-refractivity contribution in [2.75, 3.05) is 0 Å². The van der Waals surface area contributed by atoms with Crippen LogP contribution >= 0.6 is 0 Å². The highest BCUT2D eigenvalue weighted by atomic mass is 16.6. The van der Waals surface area contributed by atoms with Crippen molar-refractivity contribution in [3.63, 3.8) is 0 Å². The second kappa shape index (κ2) is 3.65. The van der Waals surface area contributed by atoms with Crippen LogP contribution in [0.4, 0.5) is 5.69 Å². The number of nitro groups is 1. The largest absolute Gasteiger partial charge is 0.493 e. The van der Waals surface area contributed by atoms with Crippen LogP contribution in [0, 0.1) is 10.1 Å². The third-order valence-corrected chi connectivity index (χ3v) is 2.23. The molecule has 0 atom stereocenters. The summed E-state index contributed by atoms with van der Waals surface area (Å²) in [7, 11) is 1.62. The van der Waals surface area contributed by atoms with E-state index in [2.05, 4.69) is 5.10 Å². The van der Waals surface area contributed by atoms with E-state index in [1.807, 2.05) is 0 Å². The number of nitrogens with zero attached hydrogens (tertiary/aromatic N) is 3. The summed E-state index contributed by atoms with van der Waals surface area (Å²) < 4.78 is 1.33. The summed E-state index contributed by atoms with van der Waals surface area (Å²) in [5, 5.41) is 23.8. The molecule has 2 rings (SSSR count). The molecule has 0 aliphatic heterocycles. The fourth-order valence-corrected chi connectivity index (χ4v) is 1.35. The molecule has 0 aliphatic carbocycles. The first-order valence-electron chi connectivity index (χ1n) is 4.56. The van der Waals surface area contributed by atoms with Crippen LogP contribution in [-0.2, 0) is 7.05 Å². The zero-order valence-electron chi connectivity index (χ0n) is 8.49. The molecule has 0 fully saturated rings. The number of non-ortho nitro benzene ring substituents is 1. The van der Waals surface area contributed by atoms with E-state index in [0.29, 0.717) is 5.69 Å².